The molecule has 0 bridgehead atoms. The predicted molar refractivity (Wildman–Crippen MR) is 67.4 cm³/mol. The zero-order chi connectivity index (χ0) is 13.0. The first-order chi connectivity index (χ1) is 8.66. The van der Waals surface area contributed by atoms with Crippen molar-refractivity contribution >= 4 is 11.6 Å². The van der Waals surface area contributed by atoms with Crippen molar-refractivity contribution in [2.24, 2.45) is 5.10 Å². The molecule has 1 amide bonds. The Morgan fingerprint density at radius 1 is 1.39 bits per heavy atom. The summed E-state index contributed by atoms with van der Waals surface area (Å²) in [6, 6.07) is 7.02. The van der Waals surface area contributed by atoms with E-state index in [1.165, 1.54) is 6.20 Å². The molecule has 2 aromatic heterocycles. The van der Waals surface area contributed by atoms with Crippen molar-refractivity contribution in [1.82, 2.24) is 10.4 Å². The molecule has 0 saturated carbocycles. The van der Waals surface area contributed by atoms with E-state index in [1.54, 1.807) is 37.5 Å². The summed E-state index contributed by atoms with van der Waals surface area (Å²) in [5.74, 6) is 0.325. The third-order valence-electron chi connectivity index (χ3n) is 2.38. The number of hydrogen-bond donors (Lipinski definition) is 1. The van der Waals surface area contributed by atoms with Gasteiger partial charge < -0.3 is 4.42 Å². The minimum Gasteiger partial charge on any atom is -0.463 e. The molecular weight excluding hydrogens is 230 g/mol. The van der Waals surface area contributed by atoms with E-state index < -0.39 is 0 Å². The highest BCUT2D eigenvalue weighted by molar-refractivity contribution is 5.99. The van der Waals surface area contributed by atoms with Crippen LogP contribution in [0.2, 0.25) is 0 Å². The van der Waals surface area contributed by atoms with Crippen molar-refractivity contribution < 1.29 is 9.21 Å². The summed E-state index contributed by atoms with van der Waals surface area (Å²) in [6.45, 7) is 3.62. The number of pyridine rings is 1. The first-order valence-corrected chi connectivity index (χ1v) is 5.48. The average molecular weight is 243 g/mol. The molecule has 5 heteroatoms. The summed E-state index contributed by atoms with van der Waals surface area (Å²) in [6.07, 6.45) is 3.07. The summed E-state index contributed by atoms with van der Waals surface area (Å²) in [5.41, 5.74) is 4.39. The number of carbonyl (C=O) groups excluding carboxylic acids is 1. The summed E-state index contributed by atoms with van der Waals surface area (Å²) in [7, 11) is 0. The van der Waals surface area contributed by atoms with Gasteiger partial charge in [-0.15, -0.1) is 0 Å². The number of nitrogens with zero attached hydrogens (tertiary/aromatic N) is 2. The lowest BCUT2D eigenvalue weighted by Crippen LogP contribution is -2.19. The zero-order valence-electron chi connectivity index (χ0n) is 10.2. The Morgan fingerprint density at radius 3 is 2.83 bits per heavy atom. The fraction of sp³-hybridized carbons (Fsp3) is 0.154. The quantitative estimate of drug-likeness (QED) is 0.663. The smallest absolute Gasteiger partial charge is 0.272 e. The van der Waals surface area contributed by atoms with E-state index in [4.69, 9.17) is 4.42 Å². The summed E-state index contributed by atoms with van der Waals surface area (Å²) >= 11 is 0. The SMILES string of the molecule is C/C(=N/NC(=O)c1ccc(C)nc1)c1ccco1. The molecular formula is C13H13N3O2. The van der Waals surface area contributed by atoms with Gasteiger partial charge in [0.25, 0.3) is 5.91 Å². The van der Waals surface area contributed by atoms with Crippen LogP contribution in [0.15, 0.2) is 46.2 Å². The molecule has 0 aliphatic carbocycles. The standard InChI is InChI=1S/C13H13N3O2/c1-9-5-6-11(8-14-9)13(17)16-15-10(2)12-4-3-7-18-12/h3-8H,1-2H3,(H,16,17)/b15-10-. The van der Waals surface area contributed by atoms with Crippen LogP contribution in [0.25, 0.3) is 0 Å². The lowest BCUT2D eigenvalue weighted by Gasteiger charge is -2.01. The third-order valence-corrected chi connectivity index (χ3v) is 2.38. The van der Waals surface area contributed by atoms with Gasteiger partial charge in [0.1, 0.15) is 11.5 Å². The largest absolute Gasteiger partial charge is 0.463 e. The van der Waals surface area contributed by atoms with Crippen LogP contribution in [-0.4, -0.2) is 16.6 Å². The zero-order valence-corrected chi connectivity index (χ0v) is 10.2. The molecule has 2 rings (SSSR count). The Morgan fingerprint density at radius 2 is 2.22 bits per heavy atom. The highest BCUT2D eigenvalue weighted by atomic mass is 16.3. The first kappa shape index (κ1) is 12.0. The average Bonchev–Trinajstić information content (AvgIpc) is 2.90. The van der Waals surface area contributed by atoms with Crippen LogP contribution in [0.1, 0.15) is 28.7 Å². The van der Waals surface area contributed by atoms with Crippen LogP contribution in [0.4, 0.5) is 0 Å². The lowest BCUT2D eigenvalue weighted by molar-refractivity contribution is 0.0954. The van der Waals surface area contributed by atoms with E-state index in [0.717, 1.165) is 5.69 Å². The molecule has 0 aliphatic heterocycles. The fourth-order valence-corrected chi connectivity index (χ4v) is 1.34. The van der Waals surface area contributed by atoms with Crippen LogP contribution >= 0.6 is 0 Å². The van der Waals surface area contributed by atoms with Crippen molar-refractivity contribution in [1.29, 1.82) is 0 Å². The number of aryl methyl sites for hydroxylation is 1. The maximum atomic E-state index is 11.7. The van der Waals surface area contributed by atoms with Crippen LogP contribution in [-0.2, 0) is 0 Å². The maximum absolute atomic E-state index is 11.7. The number of aromatic nitrogens is 1. The Labute approximate surface area is 105 Å². The Kier molecular flexibility index (Phi) is 3.52. The molecule has 0 aliphatic rings. The second kappa shape index (κ2) is 5.27. The van der Waals surface area contributed by atoms with Gasteiger partial charge in [-0.3, -0.25) is 9.78 Å². The molecule has 0 radical (unpaired) electrons. The van der Waals surface area contributed by atoms with E-state index >= 15 is 0 Å². The minimum atomic E-state index is -0.298. The third kappa shape index (κ3) is 2.82. The number of hydrogen-bond acceptors (Lipinski definition) is 4. The van der Waals surface area contributed by atoms with Gasteiger partial charge >= 0.3 is 0 Å². The number of carbonyl (C=O) groups is 1. The number of hydrazone groups is 1. The topological polar surface area (TPSA) is 67.5 Å². The molecule has 92 valence electrons. The Bertz CT molecular complexity index is 556. The summed E-state index contributed by atoms with van der Waals surface area (Å²) < 4.78 is 5.15. The lowest BCUT2D eigenvalue weighted by atomic mass is 10.2. The van der Waals surface area contributed by atoms with Crippen LogP contribution in [0, 0.1) is 6.92 Å². The monoisotopic (exact) mass is 243 g/mol. The van der Waals surface area contributed by atoms with Gasteiger partial charge in [-0.25, -0.2) is 5.43 Å². The molecule has 2 heterocycles. The molecule has 0 fully saturated rings. The second-order valence-electron chi connectivity index (χ2n) is 3.80. The molecule has 0 spiro atoms. The summed E-state index contributed by atoms with van der Waals surface area (Å²) in [4.78, 5) is 15.8. The van der Waals surface area contributed by atoms with E-state index in [0.29, 0.717) is 17.0 Å². The van der Waals surface area contributed by atoms with Gasteiger partial charge in [-0.2, -0.15) is 5.10 Å². The second-order valence-corrected chi connectivity index (χ2v) is 3.80. The molecule has 0 saturated heterocycles. The Hall–Kier alpha value is -2.43. The number of rotatable bonds is 3. The number of furan rings is 1. The van der Waals surface area contributed by atoms with Crippen molar-refractivity contribution in [2.45, 2.75) is 13.8 Å². The van der Waals surface area contributed by atoms with Gasteiger partial charge in [-0.1, -0.05) is 0 Å². The van der Waals surface area contributed by atoms with Crippen molar-refractivity contribution in [3.8, 4) is 0 Å². The van der Waals surface area contributed by atoms with Crippen LogP contribution in [0.5, 0.6) is 0 Å². The van der Waals surface area contributed by atoms with Crippen molar-refractivity contribution in [2.75, 3.05) is 0 Å². The van der Waals surface area contributed by atoms with Gasteiger partial charge in [0.2, 0.25) is 0 Å². The molecule has 18 heavy (non-hydrogen) atoms. The summed E-state index contributed by atoms with van der Waals surface area (Å²) in [5, 5.41) is 3.96. The number of amides is 1. The van der Waals surface area contributed by atoms with Gasteiger partial charge in [0.15, 0.2) is 0 Å². The number of nitrogens with one attached hydrogen (secondary N) is 1. The molecule has 2 aromatic rings. The maximum Gasteiger partial charge on any atom is 0.272 e. The van der Waals surface area contributed by atoms with Crippen LogP contribution < -0.4 is 5.43 Å². The molecule has 5 nitrogen and oxygen atoms in total. The van der Waals surface area contributed by atoms with E-state index in [-0.39, 0.29) is 5.91 Å². The van der Waals surface area contributed by atoms with Gasteiger partial charge in [0.05, 0.1) is 11.8 Å². The molecule has 0 unspecified atom stereocenters. The van der Waals surface area contributed by atoms with Crippen molar-refractivity contribution in [3.05, 3.63) is 53.7 Å². The highest BCUT2D eigenvalue weighted by Gasteiger charge is 2.05. The highest BCUT2D eigenvalue weighted by Crippen LogP contribution is 2.02. The fourth-order valence-electron chi connectivity index (χ4n) is 1.34. The van der Waals surface area contributed by atoms with E-state index in [2.05, 4.69) is 15.5 Å². The molecule has 0 atom stereocenters. The normalized spacial score (nSPS) is 11.3. The Balaban J connectivity index is 2.04. The predicted octanol–water partition coefficient (Wildman–Crippen LogP) is 2.14. The van der Waals surface area contributed by atoms with E-state index in [9.17, 15) is 4.79 Å². The van der Waals surface area contributed by atoms with Gasteiger partial charge in [0, 0.05) is 11.9 Å². The van der Waals surface area contributed by atoms with Crippen LogP contribution in [0.3, 0.4) is 0 Å². The van der Waals surface area contributed by atoms with Gasteiger partial charge in [-0.05, 0) is 38.1 Å². The first-order valence-electron chi connectivity index (χ1n) is 5.48. The minimum absolute atomic E-state index is 0.298. The van der Waals surface area contributed by atoms with E-state index in [1.807, 2.05) is 6.92 Å². The molecule has 1 N–H and O–H groups in total. The molecule has 0 aromatic carbocycles. The van der Waals surface area contributed by atoms with Crippen molar-refractivity contribution in [3.63, 3.8) is 0 Å².